The summed E-state index contributed by atoms with van der Waals surface area (Å²) < 4.78 is 0. The molecule has 0 radical (unpaired) electrons. The molecule has 29 heavy (non-hydrogen) atoms. The lowest BCUT2D eigenvalue weighted by molar-refractivity contribution is -0.138. The predicted octanol–water partition coefficient (Wildman–Crippen LogP) is 3.81. The van der Waals surface area contributed by atoms with Crippen molar-refractivity contribution in [2.24, 2.45) is 10.4 Å². The molecular formula is C23H33IN4O. The van der Waals surface area contributed by atoms with Crippen LogP contribution in [-0.2, 0) is 11.2 Å². The first-order valence-corrected chi connectivity index (χ1v) is 10.2. The molecule has 1 amide bonds. The molecule has 0 spiro atoms. The monoisotopic (exact) mass is 508 g/mol. The van der Waals surface area contributed by atoms with Gasteiger partial charge in [-0.15, -0.1) is 24.0 Å². The summed E-state index contributed by atoms with van der Waals surface area (Å²) in [4.78, 5) is 18.8. The standard InChI is InChI=1S/C23H32N4O.HI/c1-24-22(26-17-23(14-6-7-15-23)21(28)27(2)3)25-16-13-19-11-8-10-18-9-4-5-12-20(18)19;/h4-5,8-12H,6-7,13-17H2,1-3H3,(H2,24,25,26);1H. The average Bonchev–Trinajstić information content (AvgIpc) is 3.20. The Hall–Kier alpha value is -1.83. The first-order valence-electron chi connectivity index (χ1n) is 10.2. The molecule has 5 nitrogen and oxygen atoms in total. The molecule has 1 saturated carbocycles. The molecule has 0 aromatic heterocycles. The average molecular weight is 508 g/mol. The van der Waals surface area contributed by atoms with Gasteiger partial charge >= 0.3 is 0 Å². The molecule has 0 unspecified atom stereocenters. The molecule has 2 N–H and O–H groups in total. The Kier molecular flexibility index (Phi) is 8.74. The maximum absolute atomic E-state index is 12.7. The highest BCUT2D eigenvalue weighted by atomic mass is 127. The molecule has 0 aliphatic heterocycles. The Labute approximate surface area is 191 Å². The number of benzene rings is 2. The van der Waals surface area contributed by atoms with Gasteiger partial charge in [0.05, 0.1) is 5.41 Å². The predicted molar refractivity (Wildman–Crippen MR) is 132 cm³/mol. The smallest absolute Gasteiger partial charge is 0.230 e. The van der Waals surface area contributed by atoms with Gasteiger partial charge in [-0.1, -0.05) is 55.3 Å². The van der Waals surface area contributed by atoms with Crippen LogP contribution in [0.3, 0.4) is 0 Å². The van der Waals surface area contributed by atoms with E-state index >= 15 is 0 Å². The maximum Gasteiger partial charge on any atom is 0.230 e. The molecule has 6 heteroatoms. The van der Waals surface area contributed by atoms with Gasteiger partial charge in [0.2, 0.25) is 5.91 Å². The summed E-state index contributed by atoms with van der Waals surface area (Å²) in [5.41, 5.74) is 1.03. The number of hydrogen-bond donors (Lipinski definition) is 2. The topological polar surface area (TPSA) is 56.7 Å². The fraction of sp³-hybridized carbons (Fsp3) is 0.478. The van der Waals surface area contributed by atoms with Crippen LogP contribution in [0.5, 0.6) is 0 Å². The SMILES string of the molecule is CN=C(NCCc1cccc2ccccc12)NCC1(C(=O)N(C)C)CCCC1.I. The van der Waals surface area contributed by atoms with E-state index in [4.69, 9.17) is 0 Å². The molecule has 0 saturated heterocycles. The van der Waals surface area contributed by atoms with Crippen molar-refractivity contribution in [1.29, 1.82) is 0 Å². The Morgan fingerprint density at radius 3 is 2.45 bits per heavy atom. The Morgan fingerprint density at radius 2 is 1.76 bits per heavy atom. The molecular weight excluding hydrogens is 475 g/mol. The van der Waals surface area contributed by atoms with E-state index in [1.54, 1.807) is 11.9 Å². The van der Waals surface area contributed by atoms with Crippen LogP contribution < -0.4 is 10.6 Å². The van der Waals surface area contributed by atoms with Gasteiger partial charge in [-0.3, -0.25) is 9.79 Å². The van der Waals surface area contributed by atoms with Crippen LogP contribution in [0.25, 0.3) is 10.8 Å². The van der Waals surface area contributed by atoms with Crippen LogP contribution in [0.4, 0.5) is 0 Å². The van der Waals surface area contributed by atoms with Gasteiger partial charge in [0.15, 0.2) is 5.96 Å². The van der Waals surface area contributed by atoms with Crippen LogP contribution in [0, 0.1) is 5.41 Å². The molecule has 1 aliphatic carbocycles. The zero-order valence-corrected chi connectivity index (χ0v) is 20.0. The number of aliphatic imine (C=N–C) groups is 1. The fourth-order valence-electron chi connectivity index (χ4n) is 4.29. The summed E-state index contributed by atoms with van der Waals surface area (Å²) in [6, 6.07) is 14.9. The highest BCUT2D eigenvalue weighted by Gasteiger charge is 2.42. The third-order valence-electron chi connectivity index (χ3n) is 5.81. The Bertz CT molecular complexity index is 838. The first-order chi connectivity index (χ1) is 13.6. The van der Waals surface area contributed by atoms with Crippen LogP contribution in [0.15, 0.2) is 47.5 Å². The number of nitrogens with zero attached hydrogens (tertiary/aromatic N) is 2. The van der Waals surface area contributed by atoms with Crippen molar-refractivity contribution in [2.45, 2.75) is 32.1 Å². The number of hydrogen-bond acceptors (Lipinski definition) is 2. The summed E-state index contributed by atoms with van der Waals surface area (Å²) in [6.45, 7) is 1.43. The van der Waals surface area contributed by atoms with Crippen LogP contribution in [-0.4, -0.2) is 51.0 Å². The number of rotatable bonds is 6. The molecule has 1 fully saturated rings. The van der Waals surface area contributed by atoms with Crippen molar-refractivity contribution >= 4 is 46.6 Å². The highest BCUT2D eigenvalue weighted by molar-refractivity contribution is 14.0. The van der Waals surface area contributed by atoms with Crippen molar-refractivity contribution < 1.29 is 4.79 Å². The van der Waals surface area contributed by atoms with Gasteiger partial charge in [0, 0.05) is 34.2 Å². The van der Waals surface area contributed by atoms with Gasteiger partial charge < -0.3 is 15.5 Å². The minimum atomic E-state index is -0.295. The van der Waals surface area contributed by atoms with E-state index < -0.39 is 0 Å². The first kappa shape index (κ1) is 23.4. The van der Waals surface area contributed by atoms with Crippen molar-refractivity contribution in [2.75, 3.05) is 34.2 Å². The second-order valence-corrected chi connectivity index (χ2v) is 7.93. The zero-order chi connectivity index (χ0) is 20.0. The lowest BCUT2D eigenvalue weighted by Crippen LogP contribution is -2.49. The fourth-order valence-corrected chi connectivity index (χ4v) is 4.29. The van der Waals surface area contributed by atoms with Crippen LogP contribution in [0.2, 0.25) is 0 Å². The lowest BCUT2D eigenvalue weighted by atomic mass is 9.84. The van der Waals surface area contributed by atoms with Gasteiger partial charge in [0.1, 0.15) is 0 Å². The third-order valence-corrected chi connectivity index (χ3v) is 5.81. The summed E-state index contributed by atoms with van der Waals surface area (Å²) in [6.07, 6.45) is 5.06. The summed E-state index contributed by atoms with van der Waals surface area (Å²) in [5.74, 6) is 0.988. The van der Waals surface area contributed by atoms with Gasteiger partial charge in [-0.2, -0.15) is 0 Å². The Morgan fingerprint density at radius 1 is 1.07 bits per heavy atom. The number of carbonyl (C=O) groups excluding carboxylic acids is 1. The van der Waals surface area contributed by atoms with Crippen molar-refractivity contribution in [1.82, 2.24) is 15.5 Å². The minimum Gasteiger partial charge on any atom is -0.356 e. The summed E-state index contributed by atoms with van der Waals surface area (Å²) >= 11 is 0. The van der Waals surface area contributed by atoms with E-state index in [0.29, 0.717) is 6.54 Å². The molecule has 3 rings (SSSR count). The second kappa shape index (κ2) is 10.8. The van der Waals surface area contributed by atoms with E-state index in [1.807, 2.05) is 14.1 Å². The summed E-state index contributed by atoms with van der Waals surface area (Å²) in [5, 5.41) is 9.38. The number of halogens is 1. The van der Waals surface area contributed by atoms with Crippen LogP contribution >= 0.6 is 24.0 Å². The molecule has 1 aliphatic rings. The molecule has 2 aromatic carbocycles. The molecule has 2 aromatic rings. The quantitative estimate of drug-likeness (QED) is 0.355. The van der Waals surface area contributed by atoms with Gasteiger partial charge in [-0.25, -0.2) is 0 Å². The van der Waals surface area contributed by atoms with E-state index in [1.165, 1.54) is 16.3 Å². The number of nitrogens with one attached hydrogen (secondary N) is 2. The van der Waals surface area contributed by atoms with Crippen molar-refractivity contribution in [3.8, 4) is 0 Å². The van der Waals surface area contributed by atoms with Crippen LogP contribution in [0.1, 0.15) is 31.2 Å². The van der Waals surface area contributed by atoms with Crippen molar-refractivity contribution in [3.63, 3.8) is 0 Å². The highest BCUT2D eigenvalue weighted by Crippen LogP contribution is 2.38. The third kappa shape index (κ3) is 5.62. The van der Waals surface area contributed by atoms with Gasteiger partial charge in [-0.05, 0) is 35.6 Å². The maximum atomic E-state index is 12.7. The molecule has 0 atom stereocenters. The molecule has 0 heterocycles. The molecule has 0 bridgehead atoms. The largest absolute Gasteiger partial charge is 0.356 e. The number of guanidine groups is 1. The van der Waals surface area contributed by atoms with E-state index in [9.17, 15) is 4.79 Å². The zero-order valence-electron chi connectivity index (χ0n) is 17.7. The Balaban J connectivity index is 0.00000300. The number of amides is 1. The number of fused-ring (bicyclic) bond motifs is 1. The van der Waals surface area contributed by atoms with Crippen molar-refractivity contribution in [3.05, 3.63) is 48.0 Å². The van der Waals surface area contributed by atoms with E-state index in [2.05, 4.69) is 58.1 Å². The van der Waals surface area contributed by atoms with E-state index in [0.717, 1.165) is 44.6 Å². The minimum absolute atomic E-state index is 0. The number of carbonyl (C=O) groups is 1. The summed E-state index contributed by atoms with van der Waals surface area (Å²) in [7, 11) is 5.47. The normalized spacial score (nSPS) is 15.6. The lowest BCUT2D eigenvalue weighted by Gasteiger charge is -2.31. The molecule has 158 valence electrons. The van der Waals surface area contributed by atoms with E-state index in [-0.39, 0.29) is 35.3 Å². The van der Waals surface area contributed by atoms with Gasteiger partial charge in [0.25, 0.3) is 0 Å². The second-order valence-electron chi connectivity index (χ2n) is 7.93.